The molecule has 1 atom stereocenters. The molecule has 1 amide bonds. The van der Waals surface area contributed by atoms with Gasteiger partial charge in [0.15, 0.2) is 15.8 Å². The largest absolute Gasteiger partial charge is 0.507 e. The third-order valence-electron chi connectivity index (χ3n) is 6.96. The minimum atomic E-state index is -1.01. The molecule has 2 aromatic carbocycles. The number of benzene rings is 2. The highest BCUT2D eigenvalue weighted by Crippen LogP contribution is 2.46. The van der Waals surface area contributed by atoms with Gasteiger partial charge in [0.2, 0.25) is 5.13 Å². The lowest BCUT2D eigenvalue weighted by Gasteiger charge is -2.23. The Morgan fingerprint density at radius 2 is 1.80 bits per heavy atom. The van der Waals surface area contributed by atoms with Gasteiger partial charge in [-0.1, -0.05) is 78.2 Å². The number of carbonyl (C=O) groups excluding carboxylic acids is 2. The zero-order valence-electron chi connectivity index (χ0n) is 24.5. The highest BCUT2D eigenvalue weighted by molar-refractivity contribution is 8.00. The van der Waals surface area contributed by atoms with E-state index in [2.05, 4.69) is 22.1 Å². The molecule has 13 heteroatoms. The molecule has 0 radical (unpaired) electrons. The Bertz CT molecular complexity index is 1720. The molecular formula is C32H30Cl2N4O5S2. The van der Waals surface area contributed by atoms with Crippen molar-refractivity contribution in [3.63, 3.8) is 0 Å². The van der Waals surface area contributed by atoms with Gasteiger partial charge in [-0.25, -0.2) is 0 Å². The number of halogens is 2. The van der Waals surface area contributed by atoms with Gasteiger partial charge in [-0.15, -0.1) is 10.2 Å². The molecule has 0 saturated carbocycles. The molecule has 0 bridgehead atoms. The summed E-state index contributed by atoms with van der Waals surface area (Å²) in [7, 11) is 0. The summed E-state index contributed by atoms with van der Waals surface area (Å²) in [4.78, 5) is 32.5. The fourth-order valence-electron chi connectivity index (χ4n) is 4.76. The molecule has 1 fully saturated rings. The van der Waals surface area contributed by atoms with E-state index in [1.807, 2.05) is 13.0 Å². The van der Waals surface area contributed by atoms with Crippen LogP contribution in [0.1, 0.15) is 55.8 Å². The van der Waals surface area contributed by atoms with Crippen LogP contribution in [-0.4, -0.2) is 45.2 Å². The number of rotatable bonds is 13. The summed E-state index contributed by atoms with van der Waals surface area (Å²) < 4.78 is 12.5. The van der Waals surface area contributed by atoms with E-state index in [0.29, 0.717) is 56.0 Å². The maximum atomic E-state index is 13.6. The van der Waals surface area contributed by atoms with Crippen molar-refractivity contribution >= 4 is 68.9 Å². The van der Waals surface area contributed by atoms with Gasteiger partial charge in [-0.3, -0.25) is 19.5 Å². The number of ketones is 1. The van der Waals surface area contributed by atoms with Crippen LogP contribution in [0.2, 0.25) is 10.0 Å². The van der Waals surface area contributed by atoms with Gasteiger partial charge in [0.1, 0.15) is 5.76 Å². The summed E-state index contributed by atoms with van der Waals surface area (Å²) in [6.07, 6.45) is 6.01. The molecule has 1 N–H and O–H groups in total. The monoisotopic (exact) mass is 684 g/mol. The smallest absolute Gasteiger partial charge is 0.301 e. The number of hydrogen-bond donors (Lipinski definition) is 1. The summed E-state index contributed by atoms with van der Waals surface area (Å²) in [5.41, 5.74) is 1.66. The molecule has 1 aliphatic heterocycles. The molecule has 1 aliphatic rings. The van der Waals surface area contributed by atoms with E-state index in [1.165, 1.54) is 29.1 Å². The minimum Gasteiger partial charge on any atom is -0.507 e. The second-order valence-electron chi connectivity index (χ2n) is 9.97. The third-order valence-corrected chi connectivity index (χ3v) is 9.65. The van der Waals surface area contributed by atoms with Crippen molar-refractivity contribution < 1.29 is 24.2 Å². The number of nitrogens with zero attached hydrogens (tertiary/aromatic N) is 4. The first-order chi connectivity index (χ1) is 21.8. The Balaban J connectivity index is 1.53. The highest BCUT2D eigenvalue weighted by atomic mass is 35.5. The van der Waals surface area contributed by atoms with E-state index < -0.39 is 17.7 Å². The van der Waals surface area contributed by atoms with Crippen LogP contribution in [0.15, 0.2) is 70.8 Å². The van der Waals surface area contributed by atoms with E-state index in [0.717, 1.165) is 36.2 Å². The van der Waals surface area contributed by atoms with Gasteiger partial charge in [0.05, 0.1) is 24.8 Å². The lowest BCUT2D eigenvalue weighted by atomic mass is 9.95. The van der Waals surface area contributed by atoms with E-state index in [9.17, 15) is 14.7 Å². The van der Waals surface area contributed by atoms with Crippen molar-refractivity contribution in [1.29, 1.82) is 0 Å². The van der Waals surface area contributed by atoms with E-state index in [-0.39, 0.29) is 16.5 Å². The quantitative estimate of drug-likeness (QED) is 0.0372. The van der Waals surface area contributed by atoms with Crippen LogP contribution in [0.3, 0.4) is 0 Å². The molecule has 4 aromatic rings. The number of ether oxygens (including phenoxy) is 2. The van der Waals surface area contributed by atoms with Crippen LogP contribution in [0.4, 0.5) is 5.13 Å². The lowest BCUT2D eigenvalue weighted by molar-refractivity contribution is -0.132. The number of unbranched alkanes of at least 4 members (excludes halogenated alkanes) is 2. The van der Waals surface area contributed by atoms with Crippen molar-refractivity contribution in [3.05, 3.63) is 93.2 Å². The predicted molar refractivity (Wildman–Crippen MR) is 178 cm³/mol. The van der Waals surface area contributed by atoms with Crippen LogP contribution < -0.4 is 14.4 Å². The molecular weight excluding hydrogens is 655 g/mol. The average Bonchev–Trinajstić information content (AvgIpc) is 3.61. The number of hydrogen-bond acceptors (Lipinski definition) is 10. The topological polar surface area (TPSA) is 115 Å². The zero-order chi connectivity index (χ0) is 31.9. The lowest BCUT2D eigenvalue weighted by Crippen LogP contribution is -2.29. The molecule has 1 saturated heterocycles. The van der Waals surface area contributed by atoms with Crippen LogP contribution in [0, 0.1) is 0 Å². The summed E-state index contributed by atoms with van der Waals surface area (Å²) in [5.74, 6) is -0.483. The van der Waals surface area contributed by atoms with Gasteiger partial charge >= 0.3 is 5.91 Å². The van der Waals surface area contributed by atoms with Gasteiger partial charge < -0.3 is 14.6 Å². The number of aromatic nitrogens is 3. The number of amides is 1. The number of Topliss-reactive ketones (excluding diaryl/α,β-unsaturated/α-hetero) is 1. The zero-order valence-corrected chi connectivity index (χ0v) is 27.7. The molecule has 0 aliphatic carbocycles. The Morgan fingerprint density at radius 3 is 2.53 bits per heavy atom. The normalized spacial score (nSPS) is 15.9. The molecule has 9 nitrogen and oxygen atoms in total. The third kappa shape index (κ3) is 7.44. The second kappa shape index (κ2) is 15.1. The first-order valence-electron chi connectivity index (χ1n) is 14.3. The number of aliphatic hydroxyl groups is 1. The van der Waals surface area contributed by atoms with E-state index in [1.54, 1.807) is 42.5 Å². The first-order valence-corrected chi connectivity index (χ1v) is 16.9. The minimum absolute atomic E-state index is 0.0809. The fraction of sp³-hybridized carbons (Fsp3) is 0.281. The van der Waals surface area contributed by atoms with Gasteiger partial charge in [-0.05, 0) is 60.9 Å². The summed E-state index contributed by atoms with van der Waals surface area (Å²) >= 11 is 14.9. The van der Waals surface area contributed by atoms with Gasteiger partial charge in [-0.2, -0.15) is 0 Å². The SMILES string of the molecule is CCCCCOc1ccc(C2C(=C(O)c3ccncc3)C(=O)C(=O)N2c2nnc(SCc3ccc(Cl)cc3Cl)s2)cc1OCC. The van der Waals surface area contributed by atoms with E-state index >= 15 is 0 Å². The van der Waals surface area contributed by atoms with Crippen LogP contribution in [-0.2, 0) is 15.3 Å². The Morgan fingerprint density at radius 1 is 1.00 bits per heavy atom. The maximum Gasteiger partial charge on any atom is 0.301 e. The summed E-state index contributed by atoms with van der Waals surface area (Å²) in [6, 6.07) is 12.7. The summed E-state index contributed by atoms with van der Waals surface area (Å²) in [5, 5.41) is 21.2. The molecule has 234 valence electrons. The van der Waals surface area contributed by atoms with Crippen LogP contribution in [0.25, 0.3) is 5.76 Å². The molecule has 2 aromatic heterocycles. The molecule has 1 unspecified atom stereocenters. The highest BCUT2D eigenvalue weighted by Gasteiger charge is 2.48. The molecule has 5 rings (SSSR count). The van der Waals surface area contributed by atoms with Crippen LogP contribution >= 0.6 is 46.3 Å². The number of anilines is 1. The number of carbonyl (C=O) groups is 2. The second-order valence-corrected chi connectivity index (χ2v) is 13.0. The first kappa shape index (κ1) is 32.7. The number of thioether (sulfide) groups is 1. The Hall–Kier alpha value is -3.64. The molecule has 3 heterocycles. The number of aliphatic hydroxyl groups excluding tert-OH is 1. The Labute approximate surface area is 279 Å². The summed E-state index contributed by atoms with van der Waals surface area (Å²) in [6.45, 7) is 4.89. The molecule has 0 spiro atoms. The van der Waals surface area contributed by atoms with Gasteiger partial charge in [0, 0.05) is 33.8 Å². The number of pyridine rings is 1. The predicted octanol–water partition coefficient (Wildman–Crippen LogP) is 8.13. The maximum absolute atomic E-state index is 13.6. The van der Waals surface area contributed by atoms with Crippen molar-refractivity contribution in [3.8, 4) is 11.5 Å². The Kier molecular flexibility index (Phi) is 11.0. The average molecular weight is 686 g/mol. The van der Waals surface area contributed by atoms with Crippen molar-refractivity contribution in [2.24, 2.45) is 0 Å². The van der Waals surface area contributed by atoms with E-state index in [4.69, 9.17) is 32.7 Å². The fourth-order valence-corrected chi connectivity index (χ4v) is 7.19. The van der Waals surface area contributed by atoms with Crippen LogP contribution in [0.5, 0.6) is 11.5 Å². The van der Waals surface area contributed by atoms with Gasteiger partial charge in [0.25, 0.3) is 5.78 Å². The van der Waals surface area contributed by atoms with Crippen molar-refractivity contribution in [1.82, 2.24) is 15.2 Å². The van der Waals surface area contributed by atoms with Crippen molar-refractivity contribution in [2.45, 2.75) is 49.2 Å². The standard InChI is InChI=1S/C32H30Cl2N4O5S2/c1-3-5-6-15-43-24-10-8-20(16-25(24)42-4-2)27-26(28(39)19-11-13-35-14-12-19)29(40)30(41)38(27)31-36-37-32(45-31)44-18-21-7-9-22(33)17-23(21)34/h7-14,16-17,27,39H,3-6,15,18H2,1-2H3. The van der Waals surface area contributed by atoms with Crippen molar-refractivity contribution in [2.75, 3.05) is 18.1 Å². The molecule has 45 heavy (non-hydrogen) atoms.